The van der Waals surface area contributed by atoms with Gasteiger partial charge in [-0.2, -0.15) is 9.40 Å². The zero-order valence-corrected chi connectivity index (χ0v) is 19.0. The highest BCUT2D eigenvalue weighted by atomic mass is 32.2. The van der Waals surface area contributed by atoms with Gasteiger partial charge in [0.05, 0.1) is 37.2 Å². The molecular formula is C22H30N4O4S. The van der Waals surface area contributed by atoms with Crippen molar-refractivity contribution >= 4 is 15.9 Å². The van der Waals surface area contributed by atoms with Crippen LogP contribution in [0, 0.1) is 13.8 Å². The second-order valence-electron chi connectivity index (χ2n) is 8.20. The molecule has 2 heterocycles. The van der Waals surface area contributed by atoms with E-state index in [0.717, 1.165) is 19.3 Å². The van der Waals surface area contributed by atoms with E-state index in [-0.39, 0.29) is 23.3 Å². The van der Waals surface area contributed by atoms with Crippen molar-refractivity contribution in [3.05, 3.63) is 46.8 Å². The lowest BCUT2D eigenvalue weighted by molar-refractivity contribution is -0.122. The van der Waals surface area contributed by atoms with Gasteiger partial charge in [0.1, 0.15) is 4.90 Å². The standard InChI is InChI=1S/C22H30N4O4S/c1-16-22(31(28,29)25-12-14-30-15-13-25)17(2)26(24-16)11-10-21(27)23-20-9-5-7-18-6-3-4-8-19(18)20/h3-4,6,8,20H,5,7,9-15H2,1-2H3,(H,23,27). The lowest BCUT2D eigenvalue weighted by atomic mass is 9.88. The van der Waals surface area contributed by atoms with Crippen LogP contribution < -0.4 is 5.32 Å². The van der Waals surface area contributed by atoms with Crippen LogP contribution >= 0.6 is 0 Å². The summed E-state index contributed by atoms with van der Waals surface area (Å²) in [6, 6.07) is 8.29. The quantitative estimate of drug-likeness (QED) is 0.734. The largest absolute Gasteiger partial charge is 0.379 e. The molecule has 1 saturated heterocycles. The zero-order chi connectivity index (χ0) is 22.0. The molecule has 0 spiro atoms. The second kappa shape index (κ2) is 9.10. The Balaban J connectivity index is 1.43. The van der Waals surface area contributed by atoms with Crippen molar-refractivity contribution in [3.8, 4) is 0 Å². The van der Waals surface area contributed by atoms with Gasteiger partial charge in [0.15, 0.2) is 0 Å². The Kier molecular flexibility index (Phi) is 6.45. The minimum absolute atomic E-state index is 0.0372. The molecule has 9 heteroatoms. The summed E-state index contributed by atoms with van der Waals surface area (Å²) in [5.41, 5.74) is 3.54. The fourth-order valence-corrected chi connectivity index (χ4v) is 6.35. The van der Waals surface area contributed by atoms with Crippen molar-refractivity contribution in [2.24, 2.45) is 0 Å². The first-order valence-electron chi connectivity index (χ1n) is 10.9. The molecule has 1 unspecified atom stereocenters. The van der Waals surface area contributed by atoms with Gasteiger partial charge < -0.3 is 10.1 Å². The van der Waals surface area contributed by atoms with Crippen molar-refractivity contribution < 1.29 is 17.9 Å². The van der Waals surface area contributed by atoms with E-state index in [1.165, 1.54) is 15.4 Å². The van der Waals surface area contributed by atoms with Crippen LogP contribution in [0.15, 0.2) is 29.2 Å². The van der Waals surface area contributed by atoms with Crippen molar-refractivity contribution in [1.29, 1.82) is 0 Å². The molecule has 1 aromatic heterocycles. The second-order valence-corrected chi connectivity index (χ2v) is 10.1. The number of carbonyl (C=O) groups is 1. The number of morpholine rings is 1. The number of rotatable bonds is 6. The average Bonchev–Trinajstić information content (AvgIpc) is 3.07. The molecule has 2 aliphatic rings. The summed E-state index contributed by atoms with van der Waals surface area (Å²) in [6.07, 6.45) is 3.29. The molecule has 1 amide bonds. The first kappa shape index (κ1) is 22.0. The number of aromatic nitrogens is 2. The van der Waals surface area contributed by atoms with Gasteiger partial charge in [-0.15, -0.1) is 0 Å². The molecule has 1 atom stereocenters. The molecule has 168 valence electrons. The molecular weight excluding hydrogens is 416 g/mol. The first-order chi connectivity index (χ1) is 14.9. The van der Waals surface area contributed by atoms with Gasteiger partial charge >= 0.3 is 0 Å². The van der Waals surface area contributed by atoms with Crippen LogP contribution in [0.3, 0.4) is 0 Å². The number of nitrogens with zero attached hydrogens (tertiary/aromatic N) is 3. The van der Waals surface area contributed by atoms with E-state index in [1.54, 1.807) is 18.5 Å². The van der Waals surface area contributed by atoms with Crippen LogP contribution in [0.4, 0.5) is 0 Å². The molecule has 1 N–H and O–H groups in total. The van der Waals surface area contributed by atoms with E-state index in [0.29, 0.717) is 44.2 Å². The summed E-state index contributed by atoms with van der Waals surface area (Å²) in [6.45, 7) is 5.28. The Morgan fingerprint density at radius 3 is 2.74 bits per heavy atom. The third kappa shape index (κ3) is 4.53. The molecule has 31 heavy (non-hydrogen) atoms. The number of hydrogen-bond donors (Lipinski definition) is 1. The Hall–Kier alpha value is -2.23. The minimum atomic E-state index is -3.63. The number of carbonyl (C=O) groups excluding carboxylic acids is 1. The average molecular weight is 447 g/mol. The Labute approximate surface area is 183 Å². The normalized spacial score (nSPS) is 19.7. The molecule has 1 aromatic carbocycles. The third-order valence-electron chi connectivity index (χ3n) is 6.14. The van der Waals surface area contributed by atoms with Crippen molar-refractivity contribution in [3.63, 3.8) is 0 Å². The molecule has 0 bridgehead atoms. The first-order valence-corrected chi connectivity index (χ1v) is 12.3. The highest BCUT2D eigenvalue weighted by Gasteiger charge is 2.32. The van der Waals surface area contributed by atoms with Crippen LogP contribution in [0.25, 0.3) is 0 Å². The maximum Gasteiger partial charge on any atom is 0.246 e. The van der Waals surface area contributed by atoms with E-state index < -0.39 is 10.0 Å². The van der Waals surface area contributed by atoms with Gasteiger partial charge in [-0.25, -0.2) is 8.42 Å². The van der Waals surface area contributed by atoms with E-state index in [9.17, 15) is 13.2 Å². The molecule has 1 aliphatic heterocycles. The Morgan fingerprint density at radius 2 is 1.97 bits per heavy atom. The molecule has 2 aromatic rings. The summed E-state index contributed by atoms with van der Waals surface area (Å²) < 4.78 is 34.6. The van der Waals surface area contributed by atoms with E-state index in [1.807, 2.05) is 12.1 Å². The van der Waals surface area contributed by atoms with Gasteiger partial charge in [0, 0.05) is 19.5 Å². The topological polar surface area (TPSA) is 93.5 Å². The number of aryl methyl sites for hydroxylation is 3. The predicted octanol–water partition coefficient (Wildman–Crippen LogP) is 2.10. The fourth-order valence-electron chi connectivity index (χ4n) is 4.57. The minimum Gasteiger partial charge on any atom is -0.379 e. The molecule has 8 nitrogen and oxygen atoms in total. The number of ether oxygens (including phenoxy) is 1. The van der Waals surface area contributed by atoms with Crippen LogP contribution in [-0.2, 0) is 32.5 Å². The Bertz CT molecular complexity index is 1060. The van der Waals surface area contributed by atoms with Crippen molar-refractivity contribution in [2.75, 3.05) is 26.3 Å². The Morgan fingerprint density at radius 1 is 1.23 bits per heavy atom. The maximum atomic E-state index is 13.1. The zero-order valence-electron chi connectivity index (χ0n) is 18.1. The maximum absolute atomic E-state index is 13.1. The lowest BCUT2D eigenvalue weighted by Gasteiger charge is -2.26. The van der Waals surface area contributed by atoms with Crippen molar-refractivity contribution in [2.45, 2.75) is 57.0 Å². The van der Waals surface area contributed by atoms with Crippen molar-refractivity contribution in [1.82, 2.24) is 19.4 Å². The number of sulfonamides is 1. The fraction of sp³-hybridized carbons (Fsp3) is 0.545. The number of nitrogens with one attached hydrogen (secondary N) is 1. The van der Waals surface area contributed by atoms with Gasteiger partial charge in [-0.3, -0.25) is 9.48 Å². The molecule has 1 fully saturated rings. The number of fused-ring (bicyclic) bond motifs is 1. The SMILES string of the molecule is Cc1nn(CCC(=O)NC2CCCc3ccccc32)c(C)c1S(=O)(=O)N1CCOCC1. The number of amides is 1. The third-order valence-corrected chi connectivity index (χ3v) is 8.29. The summed E-state index contributed by atoms with van der Waals surface area (Å²) in [7, 11) is -3.63. The molecule has 0 radical (unpaired) electrons. The van der Waals surface area contributed by atoms with E-state index in [2.05, 4.69) is 22.5 Å². The molecule has 4 rings (SSSR count). The van der Waals surface area contributed by atoms with Crippen LogP contribution in [-0.4, -0.2) is 54.7 Å². The summed E-state index contributed by atoms with van der Waals surface area (Å²) in [4.78, 5) is 12.9. The van der Waals surface area contributed by atoms with E-state index in [4.69, 9.17) is 4.74 Å². The van der Waals surface area contributed by atoms with Gasteiger partial charge in [0.2, 0.25) is 15.9 Å². The monoisotopic (exact) mass is 446 g/mol. The van der Waals surface area contributed by atoms with Crippen LogP contribution in [0.2, 0.25) is 0 Å². The summed E-state index contributed by atoms with van der Waals surface area (Å²) in [5.74, 6) is -0.0492. The van der Waals surface area contributed by atoms with Crippen LogP contribution in [0.1, 0.15) is 47.8 Å². The van der Waals surface area contributed by atoms with Gasteiger partial charge in [-0.05, 0) is 44.2 Å². The summed E-state index contributed by atoms with van der Waals surface area (Å²) in [5, 5.41) is 7.57. The predicted molar refractivity (Wildman–Crippen MR) is 116 cm³/mol. The van der Waals surface area contributed by atoms with Crippen LogP contribution in [0.5, 0.6) is 0 Å². The lowest BCUT2D eigenvalue weighted by Crippen LogP contribution is -2.41. The van der Waals surface area contributed by atoms with E-state index >= 15 is 0 Å². The highest BCUT2D eigenvalue weighted by molar-refractivity contribution is 7.89. The van der Waals surface area contributed by atoms with Gasteiger partial charge in [0.25, 0.3) is 0 Å². The van der Waals surface area contributed by atoms with Gasteiger partial charge in [-0.1, -0.05) is 24.3 Å². The highest BCUT2D eigenvalue weighted by Crippen LogP contribution is 2.29. The smallest absolute Gasteiger partial charge is 0.246 e. The molecule has 1 aliphatic carbocycles. The number of hydrogen-bond acceptors (Lipinski definition) is 5. The summed E-state index contributed by atoms with van der Waals surface area (Å²) >= 11 is 0. The molecule has 0 saturated carbocycles. The number of benzene rings is 1.